The van der Waals surface area contributed by atoms with Crippen molar-refractivity contribution in [3.63, 3.8) is 0 Å². The summed E-state index contributed by atoms with van der Waals surface area (Å²) in [4.78, 5) is 0. The molecule has 0 aromatic carbocycles. The van der Waals surface area contributed by atoms with E-state index in [4.69, 9.17) is 0 Å². The van der Waals surface area contributed by atoms with Gasteiger partial charge in [0.15, 0.2) is 0 Å². The fraction of sp³-hybridized carbons (Fsp3) is 0.864. The summed E-state index contributed by atoms with van der Waals surface area (Å²) in [6.07, 6.45) is 20.1. The van der Waals surface area contributed by atoms with Crippen LogP contribution in [0, 0.1) is 31.6 Å². The van der Waals surface area contributed by atoms with Crippen molar-refractivity contribution >= 4 is 0 Å². The molecule has 0 amide bonds. The van der Waals surface area contributed by atoms with Gasteiger partial charge in [0, 0.05) is 0 Å². The molecule has 0 heterocycles. The molecular weight excluding hydrogens is 459 g/mol. The summed E-state index contributed by atoms with van der Waals surface area (Å²) >= 11 is 1.18. The molecule has 0 bridgehead atoms. The standard InChI is InChI=1S/2C8H15.C4H9N.C2H5.Ta/c2*1-2-8-6-4-3-5-7-8;1-3-4(2)5;1-2;/h2*3,8H,2,4-7H2,1H3;4H,3H2,1-2H3;1H2,2H3;/q2*-1;;-1;. The Hall–Kier alpha value is 0.540. The number of rotatable bonds is 4. The van der Waals surface area contributed by atoms with Crippen LogP contribution in [0.15, 0.2) is 3.34 Å². The number of hydrogen-bond acceptors (Lipinski definition) is 1. The molecule has 0 N–H and O–H groups in total. The van der Waals surface area contributed by atoms with Crippen LogP contribution in [0.5, 0.6) is 0 Å². The predicted molar refractivity (Wildman–Crippen MR) is 106 cm³/mol. The van der Waals surface area contributed by atoms with Gasteiger partial charge in [0.05, 0.1) is 0 Å². The Kier molecular flexibility index (Phi) is 24.1. The van der Waals surface area contributed by atoms with Gasteiger partial charge in [0.2, 0.25) is 0 Å². The average Bonchev–Trinajstić information content (AvgIpc) is 2.71. The molecule has 145 valence electrons. The van der Waals surface area contributed by atoms with Gasteiger partial charge in [-0.15, -0.1) is 0 Å². The second-order valence-electron chi connectivity index (χ2n) is 6.81. The Bertz CT molecular complexity index is 212. The summed E-state index contributed by atoms with van der Waals surface area (Å²) in [5.74, 6) is 2.11. The van der Waals surface area contributed by atoms with Crippen LogP contribution in [0.3, 0.4) is 0 Å². The van der Waals surface area contributed by atoms with Gasteiger partial charge in [-0.05, 0) is 11.8 Å². The quantitative estimate of drug-likeness (QED) is 0.346. The molecule has 0 aromatic rings. The summed E-state index contributed by atoms with van der Waals surface area (Å²) in [5.41, 5.74) is 0. The van der Waals surface area contributed by atoms with E-state index in [1.54, 1.807) is 6.92 Å². The second kappa shape index (κ2) is 21.6. The molecule has 0 aliphatic heterocycles. The third-order valence-electron chi connectivity index (χ3n) is 5.06. The van der Waals surface area contributed by atoms with Crippen molar-refractivity contribution in [2.75, 3.05) is 0 Å². The van der Waals surface area contributed by atoms with Gasteiger partial charge in [-0.1, -0.05) is 52.4 Å². The van der Waals surface area contributed by atoms with E-state index in [9.17, 15) is 0 Å². The Morgan fingerprint density at radius 2 is 1.21 bits per heavy atom. The van der Waals surface area contributed by atoms with E-state index in [1.807, 2.05) is 0 Å². The van der Waals surface area contributed by atoms with Crippen LogP contribution in [0.1, 0.15) is 105 Å². The minimum atomic E-state index is 0.610. The minimum absolute atomic E-state index is 0.610. The van der Waals surface area contributed by atoms with Crippen molar-refractivity contribution in [2.24, 2.45) is 15.2 Å². The first kappa shape index (κ1) is 26.8. The Morgan fingerprint density at radius 1 is 0.875 bits per heavy atom. The van der Waals surface area contributed by atoms with Gasteiger partial charge in [0.1, 0.15) is 0 Å². The van der Waals surface area contributed by atoms with Crippen molar-refractivity contribution in [3.05, 3.63) is 19.8 Å². The van der Waals surface area contributed by atoms with E-state index < -0.39 is 0 Å². The average molecular weight is 504 g/mol. The first-order chi connectivity index (χ1) is 11.7. The van der Waals surface area contributed by atoms with Crippen molar-refractivity contribution in [1.82, 2.24) is 0 Å². The molecule has 24 heavy (non-hydrogen) atoms. The molecule has 2 fully saturated rings. The van der Waals surface area contributed by atoms with E-state index in [-0.39, 0.29) is 0 Å². The Balaban J connectivity index is 0. The first-order valence-corrected chi connectivity index (χ1v) is 11.8. The molecule has 2 rings (SSSR count). The molecule has 2 aliphatic rings. The Morgan fingerprint density at radius 3 is 1.33 bits per heavy atom. The fourth-order valence-electron chi connectivity index (χ4n) is 2.89. The summed E-state index contributed by atoms with van der Waals surface area (Å²) in [6.45, 7) is 13.9. The molecule has 2 saturated carbocycles. The van der Waals surface area contributed by atoms with Crippen LogP contribution < -0.4 is 0 Å². The maximum absolute atomic E-state index is 4.12. The van der Waals surface area contributed by atoms with Gasteiger partial charge < -0.3 is 19.8 Å². The summed E-state index contributed by atoms with van der Waals surface area (Å²) < 4.78 is 4.12. The molecule has 0 aromatic heterocycles. The van der Waals surface area contributed by atoms with Crippen LogP contribution in [0.2, 0.25) is 0 Å². The van der Waals surface area contributed by atoms with Crippen LogP contribution in [-0.4, -0.2) is 6.04 Å². The molecule has 1 unspecified atom stereocenters. The minimum Gasteiger partial charge on any atom is -0.346 e. The monoisotopic (exact) mass is 503 g/mol. The topological polar surface area (TPSA) is 12.4 Å². The summed E-state index contributed by atoms with van der Waals surface area (Å²) in [6, 6.07) is 0.610. The SMILES string of the molecule is CCC(C)[N]=[Ta].CCC1CC[CH-]CC1.CCC1CC[CH-]CC1.[CH2-]C. The zero-order chi connectivity index (χ0) is 18.6. The van der Waals surface area contributed by atoms with Crippen molar-refractivity contribution in [3.8, 4) is 0 Å². The summed E-state index contributed by atoms with van der Waals surface area (Å²) in [5, 5.41) is 0. The zero-order valence-corrected chi connectivity index (χ0v) is 20.5. The van der Waals surface area contributed by atoms with Crippen LogP contribution in [0.4, 0.5) is 0 Å². The Labute approximate surface area is 166 Å². The summed E-state index contributed by atoms with van der Waals surface area (Å²) in [7, 11) is 0. The molecule has 1 nitrogen and oxygen atoms in total. The number of nitrogens with zero attached hydrogens (tertiary/aromatic N) is 1. The predicted octanol–water partition coefficient (Wildman–Crippen LogP) is 7.94. The van der Waals surface area contributed by atoms with Crippen molar-refractivity contribution in [1.29, 1.82) is 0 Å². The van der Waals surface area contributed by atoms with Crippen LogP contribution in [-0.2, 0) is 20.9 Å². The van der Waals surface area contributed by atoms with E-state index in [0.717, 1.165) is 11.8 Å². The zero-order valence-electron chi connectivity index (χ0n) is 17.3. The van der Waals surface area contributed by atoms with Gasteiger partial charge in [-0.3, -0.25) is 0 Å². The second-order valence-corrected chi connectivity index (χ2v) is 7.64. The van der Waals surface area contributed by atoms with E-state index in [1.165, 1.54) is 91.5 Å². The smallest absolute Gasteiger partial charge is 0.0465 e. The molecule has 0 radical (unpaired) electrons. The largest absolute Gasteiger partial charge is 0.346 e. The molecule has 2 heteroatoms. The molecule has 1 atom stereocenters. The van der Waals surface area contributed by atoms with Gasteiger partial charge in [-0.25, -0.2) is 0 Å². The first-order valence-electron chi connectivity index (χ1n) is 10.4. The van der Waals surface area contributed by atoms with Crippen molar-refractivity contribution in [2.45, 2.75) is 111 Å². The van der Waals surface area contributed by atoms with Gasteiger partial charge >= 0.3 is 50.5 Å². The normalized spacial score (nSPS) is 19.4. The van der Waals surface area contributed by atoms with E-state index >= 15 is 0 Å². The molecule has 0 saturated heterocycles. The molecule has 2 aliphatic carbocycles. The van der Waals surface area contributed by atoms with Crippen LogP contribution >= 0.6 is 0 Å². The maximum Gasteiger partial charge on any atom is -0.0465 e. The fourth-order valence-corrected chi connectivity index (χ4v) is 3.48. The van der Waals surface area contributed by atoms with E-state index in [0.29, 0.717) is 6.04 Å². The van der Waals surface area contributed by atoms with Gasteiger partial charge in [0.25, 0.3) is 0 Å². The number of hydrogen-bond donors (Lipinski definition) is 0. The molecule has 0 spiro atoms. The van der Waals surface area contributed by atoms with Crippen LogP contribution in [0.25, 0.3) is 0 Å². The third kappa shape index (κ3) is 17.4. The maximum atomic E-state index is 4.12. The van der Waals surface area contributed by atoms with Crippen molar-refractivity contribution < 1.29 is 20.9 Å². The van der Waals surface area contributed by atoms with Gasteiger partial charge in [-0.2, -0.15) is 32.6 Å². The third-order valence-corrected chi connectivity index (χ3v) is 6.48. The van der Waals surface area contributed by atoms with E-state index in [2.05, 4.69) is 50.8 Å². The molecular formula is C22H44NTa-3.